The van der Waals surface area contributed by atoms with Crippen LogP contribution < -0.4 is 5.32 Å². The van der Waals surface area contributed by atoms with Crippen molar-refractivity contribution in [2.24, 2.45) is 0 Å². The van der Waals surface area contributed by atoms with Gasteiger partial charge in [-0.25, -0.2) is 4.39 Å². The Morgan fingerprint density at radius 3 is 2.59 bits per heavy atom. The van der Waals surface area contributed by atoms with Crippen molar-refractivity contribution < 1.29 is 17.6 Å². The van der Waals surface area contributed by atoms with Crippen molar-refractivity contribution in [2.75, 3.05) is 6.54 Å². The summed E-state index contributed by atoms with van der Waals surface area (Å²) in [7, 11) is 0. The van der Waals surface area contributed by atoms with Gasteiger partial charge in [0.2, 0.25) is 0 Å². The lowest BCUT2D eigenvalue weighted by atomic mass is 10.1. The van der Waals surface area contributed by atoms with Crippen molar-refractivity contribution in [3.8, 4) is 12.3 Å². The number of terminal acetylenes is 1. The van der Waals surface area contributed by atoms with Gasteiger partial charge < -0.3 is 5.32 Å². The molecule has 17 heavy (non-hydrogen) atoms. The van der Waals surface area contributed by atoms with Gasteiger partial charge in [-0.2, -0.15) is 13.2 Å². The van der Waals surface area contributed by atoms with Crippen molar-refractivity contribution in [3.05, 3.63) is 35.1 Å². The molecule has 0 fully saturated rings. The summed E-state index contributed by atoms with van der Waals surface area (Å²) in [5.41, 5.74) is -0.871. The summed E-state index contributed by atoms with van der Waals surface area (Å²) in [6.45, 7) is 0.736. The van der Waals surface area contributed by atoms with Crippen LogP contribution in [0.4, 0.5) is 17.6 Å². The molecule has 5 heteroatoms. The van der Waals surface area contributed by atoms with Gasteiger partial charge >= 0.3 is 6.18 Å². The fourth-order valence-electron chi connectivity index (χ4n) is 1.29. The SMILES string of the molecule is C#CCCNCc1ccc(F)c(C(F)(F)F)c1. The van der Waals surface area contributed by atoms with E-state index < -0.39 is 17.6 Å². The Balaban J connectivity index is 2.73. The fraction of sp³-hybridized carbons (Fsp3) is 0.333. The summed E-state index contributed by atoms with van der Waals surface area (Å²) in [5.74, 6) is 1.14. The summed E-state index contributed by atoms with van der Waals surface area (Å²) < 4.78 is 50.1. The molecule has 0 unspecified atom stereocenters. The quantitative estimate of drug-likeness (QED) is 0.488. The van der Waals surface area contributed by atoms with Crippen molar-refractivity contribution >= 4 is 0 Å². The number of nitrogens with one attached hydrogen (secondary N) is 1. The van der Waals surface area contributed by atoms with Crippen molar-refractivity contribution in [2.45, 2.75) is 19.1 Å². The Morgan fingerprint density at radius 1 is 1.29 bits per heavy atom. The predicted octanol–water partition coefficient (Wildman–Crippen LogP) is 2.96. The van der Waals surface area contributed by atoms with E-state index in [9.17, 15) is 17.6 Å². The lowest BCUT2D eigenvalue weighted by molar-refractivity contribution is -0.140. The molecule has 0 spiro atoms. The van der Waals surface area contributed by atoms with Crippen molar-refractivity contribution in [3.63, 3.8) is 0 Å². The molecular formula is C12H11F4N. The molecule has 0 saturated heterocycles. The van der Waals surface area contributed by atoms with Crippen LogP contribution >= 0.6 is 0 Å². The number of benzene rings is 1. The molecule has 92 valence electrons. The second-order valence-electron chi connectivity index (χ2n) is 3.44. The number of hydrogen-bond acceptors (Lipinski definition) is 1. The van der Waals surface area contributed by atoms with E-state index in [2.05, 4.69) is 11.2 Å². The van der Waals surface area contributed by atoms with E-state index in [1.165, 1.54) is 6.07 Å². The first-order chi connectivity index (χ1) is 7.95. The zero-order valence-corrected chi connectivity index (χ0v) is 8.94. The van der Waals surface area contributed by atoms with Gasteiger partial charge in [-0.15, -0.1) is 12.3 Å². The van der Waals surface area contributed by atoms with Gasteiger partial charge in [0.05, 0.1) is 5.56 Å². The minimum absolute atomic E-state index is 0.227. The molecule has 0 bridgehead atoms. The highest BCUT2D eigenvalue weighted by Crippen LogP contribution is 2.31. The van der Waals surface area contributed by atoms with Gasteiger partial charge in [0, 0.05) is 19.5 Å². The number of alkyl halides is 3. The molecule has 0 heterocycles. The van der Waals surface area contributed by atoms with Crippen LogP contribution in [0.5, 0.6) is 0 Å². The lowest BCUT2D eigenvalue weighted by Crippen LogP contribution is -2.15. The highest BCUT2D eigenvalue weighted by Gasteiger charge is 2.34. The van der Waals surface area contributed by atoms with E-state index in [-0.39, 0.29) is 6.54 Å². The summed E-state index contributed by atoms with van der Waals surface area (Å²) in [6, 6.07) is 2.94. The maximum atomic E-state index is 12.9. The summed E-state index contributed by atoms with van der Waals surface area (Å²) >= 11 is 0. The van der Waals surface area contributed by atoms with Crippen LogP contribution in [0.25, 0.3) is 0 Å². The Hall–Kier alpha value is -1.54. The maximum Gasteiger partial charge on any atom is 0.419 e. The number of rotatable bonds is 4. The summed E-state index contributed by atoms with van der Waals surface area (Å²) in [4.78, 5) is 0. The van der Waals surface area contributed by atoms with E-state index in [1.54, 1.807) is 0 Å². The fourth-order valence-corrected chi connectivity index (χ4v) is 1.29. The van der Waals surface area contributed by atoms with Crippen LogP contribution in [0, 0.1) is 18.2 Å². The molecule has 0 atom stereocenters. The van der Waals surface area contributed by atoms with Gasteiger partial charge in [0.25, 0.3) is 0 Å². The molecule has 0 aliphatic rings. The highest BCUT2D eigenvalue weighted by atomic mass is 19.4. The molecule has 1 aromatic rings. The molecule has 0 aliphatic heterocycles. The second-order valence-corrected chi connectivity index (χ2v) is 3.44. The topological polar surface area (TPSA) is 12.0 Å². The van der Waals surface area contributed by atoms with Crippen LogP contribution in [0.3, 0.4) is 0 Å². The highest BCUT2D eigenvalue weighted by molar-refractivity contribution is 5.27. The Bertz CT molecular complexity index is 417. The zero-order valence-electron chi connectivity index (χ0n) is 8.94. The van der Waals surface area contributed by atoms with E-state index in [0.717, 1.165) is 12.1 Å². The first-order valence-electron chi connectivity index (χ1n) is 4.95. The van der Waals surface area contributed by atoms with E-state index in [0.29, 0.717) is 18.5 Å². The first-order valence-corrected chi connectivity index (χ1v) is 4.95. The average molecular weight is 245 g/mol. The minimum Gasteiger partial charge on any atom is -0.312 e. The summed E-state index contributed by atoms with van der Waals surface area (Å²) in [5, 5.41) is 2.87. The Kier molecular flexibility index (Phi) is 4.53. The van der Waals surface area contributed by atoms with Crippen LogP contribution in [-0.2, 0) is 12.7 Å². The van der Waals surface area contributed by atoms with Gasteiger partial charge in [0.15, 0.2) is 0 Å². The third kappa shape index (κ3) is 4.08. The van der Waals surface area contributed by atoms with E-state index >= 15 is 0 Å². The van der Waals surface area contributed by atoms with Gasteiger partial charge in [-0.1, -0.05) is 6.07 Å². The average Bonchev–Trinajstić information content (AvgIpc) is 2.25. The molecule has 0 saturated carbocycles. The van der Waals surface area contributed by atoms with Crippen LogP contribution in [-0.4, -0.2) is 6.54 Å². The molecule has 1 N–H and O–H groups in total. The van der Waals surface area contributed by atoms with Crippen molar-refractivity contribution in [1.82, 2.24) is 5.32 Å². The van der Waals surface area contributed by atoms with E-state index in [1.807, 2.05) is 0 Å². The monoisotopic (exact) mass is 245 g/mol. The number of halogens is 4. The summed E-state index contributed by atoms with van der Waals surface area (Å²) in [6.07, 6.45) is 0.846. The molecule has 1 nitrogen and oxygen atoms in total. The molecule has 0 aliphatic carbocycles. The Labute approximate surface area is 96.8 Å². The smallest absolute Gasteiger partial charge is 0.312 e. The minimum atomic E-state index is -4.67. The van der Waals surface area contributed by atoms with Crippen LogP contribution in [0.2, 0.25) is 0 Å². The molecule has 0 radical (unpaired) electrons. The van der Waals surface area contributed by atoms with Gasteiger partial charge in [0.1, 0.15) is 5.82 Å². The van der Waals surface area contributed by atoms with E-state index in [4.69, 9.17) is 6.42 Å². The molecule has 0 aromatic heterocycles. The molecule has 1 aromatic carbocycles. The van der Waals surface area contributed by atoms with Crippen molar-refractivity contribution in [1.29, 1.82) is 0 Å². The lowest BCUT2D eigenvalue weighted by Gasteiger charge is -2.10. The normalized spacial score (nSPS) is 11.2. The Morgan fingerprint density at radius 2 is 2.00 bits per heavy atom. The maximum absolute atomic E-state index is 12.9. The molecule has 1 rings (SSSR count). The largest absolute Gasteiger partial charge is 0.419 e. The zero-order chi connectivity index (χ0) is 12.9. The van der Waals surface area contributed by atoms with Crippen LogP contribution in [0.15, 0.2) is 18.2 Å². The third-order valence-corrected chi connectivity index (χ3v) is 2.11. The third-order valence-electron chi connectivity index (χ3n) is 2.11. The molecular weight excluding hydrogens is 234 g/mol. The van der Waals surface area contributed by atoms with Gasteiger partial charge in [-0.3, -0.25) is 0 Å². The predicted molar refractivity (Wildman–Crippen MR) is 56.6 cm³/mol. The first kappa shape index (κ1) is 13.5. The number of hydrogen-bond donors (Lipinski definition) is 1. The molecule has 0 amide bonds. The van der Waals surface area contributed by atoms with Crippen LogP contribution in [0.1, 0.15) is 17.5 Å². The van der Waals surface area contributed by atoms with Gasteiger partial charge in [-0.05, 0) is 17.7 Å². The second kappa shape index (κ2) is 5.69. The standard InChI is InChI=1S/C12H11F4N/c1-2-3-6-17-8-9-4-5-11(13)10(7-9)12(14,15)16/h1,4-5,7,17H,3,6,8H2.